The number of amides is 1. The van der Waals surface area contributed by atoms with Crippen molar-refractivity contribution in [1.82, 2.24) is 29.9 Å². The molecule has 0 bridgehead atoms. The minimum absolute atomic E-state index is 0.103. The summed E-state index contributed by atoms with van der Waals surface area (Å²) in [5.41, 5.74) is 3.52. The number of piperidine rings is 2. The number of rotatable bonds is 6. The zero-order valence-corrected chi connectivity index (χ0v) is 18.3. The molecule has 30 heavy (non-hydrogen) atoms. The highest BCUT2D eigenvalue weighted by molar-refractivity contribution is 5.78. The Morgan fingerprint density at radius 2 is 2.07 bits per heavy atom. The van der Waals surface area contributed by atoms with E-state index in [0.29, 0.717) is 12.6 Å². The van der Waals surface area contributed by atoms with Crippen molar-refractivity contribution in [3.63, 3.8) is 0 Å². The molecule has 2 aliphatic rings. The molecule has 2 fully saturated rings. The first-order valence-corrected chi connectivity index (χ1v) is 11.2. The van der Waals surface area contributed by atoms with Crippen molar-refractivity contribution < 1.29 is 4.79 Å². The number of aromatic nitrogens is 3. The predicted molar refractivity (Wildman–Crippen MR) is 117 cm³/mol. The number of carbonyl (C=O) groups excluding carboxylic acids is 1. The van der Waals surface area contributed by atoms with Crippen LogP contribution in [-0.4, -0.2) is 62.7 Å². The van der Waals surface area contributed by atoms with E-state index in [1.807, 2.05) is 30.1 Å². The van der Waals surface area contributed by atoms with Crippen LogP contribution in [-0.2, 0) is 24.9 Å². The molecule has 7 nitrogen and oxygen atoms in total. The van der Waals surface area contributed by atoms with Crippen molar-refractivity contribution in [2.75, 3.05) is 26.2 Å². The van der Waals surface area contributed by atoms with Gasteiger partial charge in [-0.15, -0.1) is 0 Å². The Labute approximate surface area is 179 Å². The summed E-state index contributed by atoms with van der Waals surface area (Å²) in [5.74, 6) is 0.291. The van der Waals surface area contributed by atoms with Crippen LogP contribution in [0.1, 0.15) is 42.5 Å². The molecule has 4 heterocycles. The Balaban J connectivity index is 1.24. The van der Waals surface area contributed by atoms with Crippen LogP contribution in [0.4, 0.5) is 0 Å². The molecule has 1 N–H and O–H groups in total. The minimum Gasteiger partial charge on any atom is -0.352 e. The van der Waals surface area contributed by atoms with Gasteiger partial charge in [0.2, 0.25) is 5.91 Å². The van der Waals surface area contributed by atoms with Gasteiger partial charge in [0, 0.05) is 56.9 Å². The van der Waals surface area contributed by atoms with E-state index in [0.717, 1.165) is 56.8 Å². The maximum atomic E-state index is 12.7. The van der Waals surface area contributed by atoms with Crippen LogP contribution >= 0.6 is 0 Å². The molecule has 0 radical (unpaired) electrons. The third kappa shape index (κ3) is 5.26. The number of aryl methyl sites for hydroxylation is 2. The lowest BCUT2D eigenvalue weighted by molar-refractivity contribution is -0.127. The van der Waals surface area contributed by atoms with E-state index < -0.39 is 0 Å². The maximum absolute atomic E-state index is 12.7. The Bertz CT molecular complexity index is 827. The molecular formula is C23H34N6O. The first-order valence-electron chi connectivity index (χ1n) is 11.2. The quantitative estimate of drug-likeness (QED) is 0.790. The summed E-state index contributed by atoms with van der Waals surface area (Å²) in [4.78, 5) is 22.0. The highest BCUT2D eigenvalue weighted by atomic mass is 16.1. The van der Waals surface area contributed by atoms with Crippen LogP contribution in [0.2, 0.25) is 0 Å². The van der Waals surface area contributed by atoms with E-state index in [-0.39, 0.29) is 11.8 Å². The summed E-state index contributed by atoms with van der Waals surface area (Å²) < 4.78 is 1.91. The summed E-state index contributed by atoms with van der Waals surface area (Å²) in [7, 11) is 1.99. The third-order valence-electron chi connectivity index (χ3n) is 6.60. The molecule has 0 unspecified atom stereocenters. The SMILES string of the molecule is Cc1nn(C)cc1CN1CCC(N2CCC[C@@H](C(=O)NCc3cccnc3)C2)CC1. The van der Waals surface area contributed by atoms with Crippen molar-refractivity contribution in [3.05, 3.63) is 47.5 Å². The molecule has 1 atom stereocenters. The van der Waals surface area contributed by atoms with E-state index in [1.54, 1.807) is 6.20 Å². The fourth-order valence-corrected chi connectivity index (χ4v) is 4.88. The van der Waals surface area contributed by atoms with Gasteiger partial charge >= 0.3 is 0 Å². The smallest absolute Gasteiger partial charge is 0.224 e. The first kappa shape index (κ1) is 21.0. The number of carbonyl (C=O) groups is 1. The van der Waals surface area contributed by atoms with Crippen LogP contribution in [0.25, 0.3) is 0 Å². The van der Waals surface area contributed by atoms with E-state index in [4.69, 9.17) is 0 Å². The number of nitrogens with one attached hydrogen (secondary N) is 1. The molecule has 0 saturated carbocycles. The standard InChI is InChI=1S/C23H34N6O/c1-18-21(15-27(2)26-18)16-28-11-7-22(8-12-28)29-10-4-6-20(17-29)23(30)25-14-19-5-3-9-24-13-19/h3,5,9,13,15,20,22H,4,6-8,10-12,14,16-17H2,1-2H3,(H,25,30)/t20-/m1/s1. The van der Waals surface area contributed by atoms with Crippen molar-refractivity contribution in [2.45, 2.75) is 51.7 Å². The van der Waals surface area contributed by atoms with Crippen molar-refractivity contribution in [2.24, 2.45) is 13.0 Å². The summed E-state index contributed by atoms with van der Waals surface area (Å²) in [6.45, 7) is 7.90. The number of hydrogen-bond donors (Lipinski definition) is 1. The van der Waals surface area contributed by atoms with Gasteiger partial charge in [-0.05, 0) is 63.9 Å². The van der Waals surface area contributed by atoms with Crippen LogP contribution in [0.15, 0.2) is 30.7 Å². The highest BCUT2D eigenvalue weighted by Crippen LogP contribution is 2.25. The molecule has 2 aromatic heterocycles. The summed E-state index contributed by atoms with van der Waals surface area (Å²) in [5, 5.41) is 7.58. The average Bonchev–Trinajstić information content (AvgIpc) is 3.10. The van der Waals surface area contributed by atoms with Crippen LogP contribution in [0.3, 0.4) is 0 Å². The predicted octanol–water partition coefficient (Wildman–Crippen LogP) is 2.12. The van der Waals surface area contributed by atoms with Gasteiger partial charge in [0.15, 0.2) is 0 Å². The molecule has 0 spiro atoms. The Hall–Kier alpha value is -2.25. The molecular weight excluding hydrogens is 376 g/mol. The second-order valence-corrected chi connectivity index (χ2v) is 8.83. The molecule has 4 rings (SSSR count). The normalized spacial score (nSPS) is 21.6. The van der Waals surface area contributed by atoms with Gasteiger partial charge in [0.1, 0.15) is 0 Å². The molecule has 2 aliphatic heterocycles. The van der Waals surface area contributed by atoms with Crippen LogP contribution in [0.5, 0.6) is 0 Å². The van der Waals surface area contributed by atoms with Gasteiger partial charge in [-0.3, -0.25) is 24.3 Å². The van der Waals surface area contributed by atoms with Gasteiger partial charge in [-0.2, -0.15) is 5.10 Å². The molecule has 2 saturated heterocycles. The maximum Gasteiger partial charge on any atom is 0.224 e. The summed E-state index contributed by atoms with van der Waals surface area (Å²) in [6.07, 6.45) is 10.2. The molecule has 0 aromatic carbocycles. The van der Waals surface area contributed by atoms with Crippen molar-refractivity contribution in [3.8, 4) is 0 Å². The Morgan fingerprint density at radius 3 is 2.77 bits per heavy atom. The molecule has 2 aromatic rings. The monoisotopic (exact) mass is 410 g/mol. The minimum atomic E-state index is 0.103. The molecule has 7 heteroatoms. The first-order chi connectivity index (χ1) is 14.6. The van der Waals surface area contributed by atoms with Gasteiger partial charge in [0.25, 0.3) is 0 Å². The Kier molecular flexibility index (Phi) is 6.79. The van der Waals surface area contributed by atoms with Crippen molar-refractivity contribution >= 4 is 5.91 Å². The van der Waals surface area contributed by atoms with Crippen molar-refractivity contribution in [1.29, 1.82) is 0 Å². The fraction of sp³-hybridized carbons (Fsp3) is 0.609. The number of pyridine rings is 1. The second-order valence-electron chi connectivity index (χ2n) is 8.83. The number of likely N-dealkylation sites (tertiary alicyclic amines) is 2. The number of nitrogens with zero attached hydrogens (tertiary/aromatic N) is 5. The third-order valence-corrected chi connectivity index (χ3v) is 6.60. The highest BCUT2D eigenvalue weighted by Gasteiger charge is 2.31. The van der Waals surface area contributed by atoms with Crippen LogP contribution in [0, 0.1) is 12.8 Å². The number of hydrogen-bond acceptors (Lipinski definition) is 5. The zero-order chi connectivity index (χ0) is 20.9. The lowest BCUT2D eigenvalue weighted by atomic mass is 9.93. The lowest BCUT2D eigenvalue weighted by Gasteiger charge is -2.42. The van der Waals surface area contributed by atoms with E-state index in [9.17, 15) is 4.79 Å². The summed E-state index contributed by atoms with van der Waals surface area (Å²) in [6, 6.07) is 4.51. The molecule has 162 valence electrons. The van der Waals surface area contributed by atoms with E-state index in [1.165, 1.54) is 18.4 Å². The fourth-order valence-electron chi connectivity index (χ4n) is 4.88. The van der Waals surface area contributed by atoms with Gasteiger partial charge in [-0.1, -0.05) is 6.07 Å². The van der Waals surface area contributed by atoms with Gasteiger partial charge in [0.05, 0.1) is 11.6 Å². The average molecular weight is 411 g/mol. The molecule has 0 aliphatic carbocycles. The summed E-state index contributed by atoms with van der Waals surface area (Å²) >= 11 is 0. The van der Waals surface area contributed by atoms with E-state index in [2.05, 4.69) is 38.3 Å². The van der Waals surface area contributed by atoms with Gasteiger partial charge in [-0.25, -0.2) is 0 Å². The topological polar surface area (TPSA) is 66.3 Å². The Morgan fingerprint density at radius 1 is 1.23 bits per heavy atom. The van der Waals surface area contributed by atoms with Gasteiger partial charge < -0.3 is 5.32 Å². The van der Waals surface area contributed by atoms with E-state index >= 15 is 0 Å². The lowest BCUT2D eigenvalue weighted by Crippen LogP contribution is -2.50. The largest absolute Gasteiger partial charge is 0.352 e. The zero-order valence-electron chi connectivity index (χ0n) is 18.3. The van der Waals surface area contributed by atoms with Crippen LogP contribution < -0.4 is 5.32 Å². The molecule has 1 amide bonds. The second kappa shape index (κ2) is 9.71.